The fourth-order valence-corrected chi connectivity index (χ4v) is 4.94. The first kappa shape index (κ1) is 19.2. The average Bonchev–Trinajstić information content (AvgIpc) is 2.65. The molecule has 1 atom stereocenters. The molecule has 8 heteroatoms. The minimum Gasteiger partial charge on any atom is -0.324 e. The van der Waals surface area contributed by atoms with E-state index in [2.05, 4.69) is 5.32 Å². The summed E-state index contributed by atoms with van der Waals surface area (Å²) in [5, 5.41) is 3.59. The molecule has 138 valence electrons. The molecule has 2 aromatic carbocycles. The van der Waals surface area contributed by atoms with Crippen LogP contribution in [-0.4, -0.2) is 31.7 Å². The Balaban J connectivity index is 1.73. The molecular weight excluding hydrogens is 395 g/mol. The van der Waals surface area contributed by atoms with E-state index in [1.54, 1.807) is 48.5 Å². The number of hydrogen-bond donors (Lipinski definition) is 1. The minimum atomic E-state index is -3.61. The van der Waals surface area contributed by atoms with E-state index in [1.165, 1.54) is 4.31 Å². The molecule has 1 aliphatic heterocycles. The van der Waals surface area contributed by atoms with Gasteiger partial charge in [0.05, 0.1) is 21.5 Å². The zero-order chi connectivity index (χ0) is 18.7. The molecule has 0 unspecified atom stereocenters. The first-order valence-electron chi connectivity index (χ1n) is 8.19. The average molecular weight is 413 g/mol. The van der Waals surface area contributed by atoms with Gasteiger partial charge in [0.25, 0.3) is 0 Å². The highest BCUT2D eigenvalue weighted by Crippen LogP contribution is 2.28. The van der Waals surface area contributed by atoms with Crippen LogP contribution in [0.5, 0.6) is 0 Å². The fraction of sp³-hybridized carbons (Fsp3) is 0.278. The standard InChI is InChI=1S/C18H18Cl2N2O3S/c19-14-8-9-17(16(20)11-14)21-18(23)13-5-4-10-22(12-13)26(24,25)15-6-2-1-3-7-15/h1-3,6-9,11,13H,4-5,10,12H2,(H,21,23)/t13-/m1/s1. The second kappa shape index (κ2) is 7.96. The maximum atomic E-state index is 12.8. The highest BCUT2D eigenvalue weighted by atomic mass is 35.5. The number of rotatable bonds is 4. The molecule has 1 fully saturated rings. The zero-order valence-corrected chi connectivity index (χ0v) is 16.2. The smallest absolute Gasteiger partial charge is 0.243 e. The number of carbonyl (C=O) groups is 1. The molecule has 1 amide bonds. The van der Waals surface area contributed by atoms with Crippen molar-refractivity contribution in [3.63, 3.8) is 0 Å². The summed E-state index contributed by atoms with van der Waals surface area (Å²) in [5.74, 6) is -0.684. The molecule has 0 aromatic heterocycles. The van der Waals surface area contributed by atoms with Gasteiger partial charge in [-0.25, -0.2) is 8.42 Å². The molecule has 1 saturated heterocycles. The third kappa shape index (κ3) is 4.20. The number of anilines is 1. The van der Waals surface area contributed by atoms with Crippen molar-refractivity contribution in [3.8, 4) is 0 Å². The zero-order valence-electron chi connectivity index (χ0n) is 13.9. The van der Waals surface area contributed by atoms with E-state index in [0.29, 0.717) is 35.1 Å². The predicted molar refractivity (Wildman–Crippen MR) is 103 cm³/mol. The third-order valence-electron chi connectivity index (χ3n) is 4.32. The van der Waals surface area contributed by atoms with Crippen LogP contribution in [-0.2, 0) is 14.8 Å². The van der Waals surface area contributed by atoms with E-state index in [-0.39, 0.29) is 17.3 Å². The summed E-state index contributed by atoms with van der Waals surface area (Å²) < 4.78 is 26.9. The molecule has 0 saturated carbocycles. The van der Waals surface area contributed by atoms with Gasteiger partial charge in [-0.15, -0.1) is 0 Å². The lowest BCUT2D eigenvalue weighted by atomic mass is 9.99. The van der Waals surface area contributed by atoms with E-state index >= 15 is 0 Å². The number of carbonyl (C=O) groups excluding carboxylic acids is 1. The van der Waals surface area contributed by atoms with Crippen molar-refractivity contribution in [2.45, 2.75) is 17.7 Å². The molecule has 0 bridgehead atoms. The van der Waals surface area contributed by atoms with Crippen LogP contribution in [0, 0.1) is 5.92 Å². The second-order valence-corrected chi connectivity index (χ2v) is 8.91. The Kier molecular flexibility index (Phi) is 5.87. The minimum absolute atomic E-state index is 0.147. The number of sulfonamides is 1. The van der Waals surface area contributed by atoms with Gasteiger partial charge in [0.15, 0.2) is 0 Å². The Hall–Kier alpha value is -1.60. The van der Waals surface area contributed by atoms with E-state index < -0.39 is 15.9 Å². The lowest BCUT2D eigenvalue weighted by Crippen LogP contribution is -2.43. The first-order valence-corrected chi connectivity index (χ1v) is 10.4. The normalized spacial score (nSPS) is 18.5. The number of amides is 1. The molecule has 1 heterocycles. The van der Waals surface area contributed by atoms with Gasteiger partial charge in [0.2, 0.25) is 15.9 Å². The molecule has 1 N–H and O–H groups in total. The molecule has 1 aliphatic rings. The monoisotopic (exact) mass is 412 g/mol. The summed E-state index contributed by atoms with van der Waals surface area (Å²) in [6.07, 6.45) is 1.25. The summed E-state index contributed by atoms with van der Waals surface area (Å²) in [5.41, 5.74) is 0.462. The Morgan fingerprint density at radius 1 is 1.12 bits per heavy atom. The highest BCUT2D eigenvalue weighted by molar-refractivity contribution is 7.89. The van der Waals surface area contributed by atoms with Gasteiger partial charge in [0, 0.05) is 18.1 Å². The van der Waals surface area contributed by atoms with Crippen LogP contribution in [0.2, 0.25) is 10.0 Å². The Bertz CT molecular complexity index is 904. The van der Waals surface area contributed by atoms with E-state index in [1.807, 2.05) is 0 Å². The molecule has 0 aliphatic carbocycles. The maximum absolute atomic E-state index is 12.8. The van der Waals surface area contributed by atoms with E-state index in [0.717, 1.165) is 0 Å². The number of nitrogens with one attached hydrogen (secondary N) is 1. The SMILES string of the molecule is O=C(Nc1ccc(Cl)cc1Cl)[C@@H]1CCCN(S(=O)(=O)c2ccccc2)C1. The van der Waals surface area contributed by atoms with Crippen molar-refractivity contribution in [1.29, 1.82) is 0 Å². The van der Waals surface area contributed by atoms with Crippen molar-refractivity contribution in [2.75, 3.05) is 18.4 Å². The Labute approximate surface area is 163 Å². The highest BCUT2D eigenvalue weighted by Gasteiger charge is 2.33. The number of benzene rings is 2. The molecule has 5 nitrogen and oxygen atoms in total. The number of halogens is 2. The molecule has 3 rings (SSSR count). The maximum Gasteiger partial charge on any atom is 0.243 e. The molecular formula is C18H18Cl2N2O3S. The van der Waals surface area contributed by atoms with Gasteiger partial charge in [-0.05, 0) is 43.2 Å². The third-order valence-corrected chi connectivity index (χ3v) is 6.75. The van der Waals surface area contributed by atoms with Crippen LogP contribution in [0.1, 0.15) is 12.8 Å². The molecule has 0 radical (unpaired) electrons. The summed E-state index contributed by atoms with van der Waals surface area (Å²) >= 11 is 11.9. The van der Waals surface area contributed by atoms with E-state index in [4.69, 9.17) is 23.2 Å². The van der Waals surface area contributed by atoms with Crippen LogP contribution >= 0.6 is 23.2 Å². The van der Waals surface area contributed by atoms with Gasteiger partial charge < -0.3 is 5.32 Å². The summed E-state index contributed by atoms with van der Waals surface area (Å²) in [6, 6.07) is 13.1. The summed E-state index contributed by atoms with van der Waals surface area (Å²) in [7, 11) is -3.61. The van der Waals surface area contributed by atoms with Gasteiger partial charge >= 0.3 is 0 Å². The van der Waals surface area contributed by atoms with Gasteiger partial charge in [-0.1, -0.05) is 41.4 Å². The topological polar surface area (TPSA) is 66.5 Å². The quantitative estimate of drug-likeness (QED) is 0.823. The van der Waals surface area contributed by atoms with Crippen molar-refractivity contribution in [1.82, 2.24) is 4.31 Å². The molecule has 0 spiro atoms. The van der Waals surface area contributed by atoms with Crippen molar-refractivity contribution < 1.29 is 13.2 Å². The van der Waals surface area contributed by atoms with Crippen LogP contribution in [0.25, 0.3) is 0 Å². The number of piperidine rings is 1. The van der Waals surface area contributed by atoms with Crippen LogP contribution in [0.4, 0.5) is 5.69 Å². The lowest BCUT2D eigenvalue weighted by Gasteiger charge is -2.31. The van der Waals surface area contributed by atoms with Crippen molar-refractivity contribution >= 4 is 44.8 Å². The largest absolute Gasteiger partial charge is 0.324 e. The number of hydrogen-bond acceptors (Lipinski definition) is 3. The van der Waals surface area contributed by atoms with Crippen molar-refractivity contribution in [3.05, 3.63) is 58.6 Å². The van der Waals surface area contributed by atoms with Gasteiger partial charge in [-0.2, -0.15) is 4.31 Å². The molecule has 2 aromatic rings. The van der Waals surface area contributed by atoms with Gasteiger partial charge in [-0.3, -0.25) is 4.79 Å². The Morgan fingerprint density at radius 3 is 2.54 bits per heavy atom. The van der Waals surface area contributed by atoms with E-state index in [9.17, 15) is 13.2 Å². The molecule has 26 heavy (non-hydrogen) atoms. The lowest BCUT2D eigenvalue weighted by molar-refractivity contribution is -0.120. The van der Waals surface area contributed by atoms with Crippen molar-refractivity contribution in [2.24, 2.45) is 5.92 Å². The predicted octanol–water partition coefficient (Wildman–Crippen LogP) is 4.03. The van der Waals surface area contributed by atoms with Crippen LogP contribution in [0.15, 0.2) is 53.4 Å². The fourth-order valence-electron chi connectivity index (χ4n) is 2.94. The van der Waals surface area contributed by atoms with Crippen LogP contribution in [0.3, 0.4) is 0 Å². The second-order valence-electron chi connectivity index (χ2n) is 6.13. The summed E-state index contributed by atoms with van der Waals surface area (Å²) in [6.45, 7) is 0.553. The Morgan fingerprint density at radius 2 is 1.85 bits per heavy atom. The van der Waals surface area contributed by atoms with Gasteiger partial charge in [0.1, 0.15) is 0 Å². The number of nitrogens with zero attached hydrogens (tertiary/aromatic N) is 1. The summed E-state index contributed by atoms with van der Waals surface area (Å²) in [4.78, 5) is 12.8. The first-order chi connectivity index (χ1) is 12.4. The van der Waals surface area contributed by atoms with Crippen LogP contribution < -0.4 is 5.32 Å².